The second-order valence-electron chi connectivity index (χ2n) is 13.3. The minimum absolute atomic E-state index is 0.149. The van der Waals surface area contributed by atoms with Gasteiger partial charge in [0.2, 0.25) is 0 Å². The summed E-state index contributed by atoms with van der Waals surface area (Å²) >= 11 is 1.57. The van der Waals surface area contributed by atoms with Crippen LogP contribution in [0.15, 0.2) is 30.5 Å². The second kappa shape index (κ2) is 12.3. The van der Waals surface area contributed by atoms with Crippen LogP contribution in [0.2, 0.25) is 0 Å². The van der Waals surface area contributed by atoms with Gasteiger partial charge in [0, 0.05) is 30.3 Å². The molecule has 4 heterocycles. The number of benzene rings is 1. The fourth-order valence-corrected chi connectivity index (χ4v) is 6.35. The van der Waals surface area contributed by atoms with Crippen LogP contribution in [0.1, 0.15) is 87.8 Å². The third kappa shape index (κ3) is 6.89. The number of hydrogen-bond acceptors (Lipinski definition) is 9. The number of likely N-dealkylation sites (tertiary alicyclic amines) is 1. The number of carbonyl (C=O) groups excluding carboxylic acids is 2. The highest BCUT2D eigenvalue weighted by Crippen LogP contribution is 2.37. The van der Waals surface area contributed by atoms with Gasteiger partial charge in [-0.05, 0) is 92.0 Å². The summed E-state index contributed by atoms with van der Waals surface area (Å²) in [6, 6.07) is 9.40. The van der Waals surface area contributed by atoms with E-state index in [2.05, 4.69) is 28.4 Å². The van der Waals surface area contributed by atoms with Crippen LogP contribution in [-0.2, 0) is 16.0 Å². The van der Waals surface area contributed by atoms with Gasteiger partial charge < -0.3 is 15.0 Å². The Balaban J connectivity index is 1.58. The Hall–Kier alpha value is -4.21. The van der Waals surface area contributed by atoms with Crippen LogP contribution in [0.3, 0.4) is 0 Å². The number of rotatable bonds is 6. The molecule has 0 unspecified atom stereocenters. The van der Waals surface area contributed by atoms with Gasteiger partial charge in [-0.25, -0.2) is 14.3 Å². The van der Waals surface area contributed by atoms with Crippen LogP contribution in [0, 0.1) is 18.3 Å². The zero-order chi connectivity index (χ0) is 32.7. The van der Waals surface area contributed by atoms with Crippen molar-refractivity contribution in [3.63, 3.8) is 0 Å². The molecule has 3 aromatic heterocycles. The maximum absolute atomic E-state index is 14.3. The van der Waals surface area contributed by atoms with E-state index in [-0.39, 0.29) is 18.0 Å². The predicted octanol–water partition coefficient (Wildman–Crippen LogP) is 6.87. The normalized spacial score (nSPS) is 15.7. The molecule has 11 nitrogen and oxygen atoms in total. The quantitative estimate of drug-likeness (QED) is 0.229. The molecule has 1 saturated heterocycles. The third-order valence-electron chi connectivity index (χ3n) is 7.32. The van der Waals surface area contributed by atoms with Crippen molar-refractivity contribution >= 4 is 50.6 Å². The number of nitrogens with one attached hydrogen (secondary N) is 1. The third-order valence-corrected chi connectivity index (χ3v) is 8.48. The molecule has 1 aromatic carbocycles. The molecular weight excluding hydrogens is 590 g/mol. The van der Waals surface area contributed by atoms with Gasteiger partial charge in [0.25, 0.3) is 5.91 Å². The number of ether oxygens (including phenoxy) is 1. The summed E-state index contributed by atoms with van der Waals surface area (Å²) in [7, 11) is 0. The van der Waals surface area contributed by atoms with Gasteiger partial charge in [-0.1, -0.05) is 6.92 Å². The van der Waals surface area contributed by atoms with Crippen molar-refractivity contribution in [2.45, 2.75) is 91.9 Å². The Morgan fingerprint density at radius 1 is 1.18 bits per heavy atom. The van der Waals surface area contributed by atoms with Crippen LogP contribution < -0.4 is 10.4 Å². The number of pyridine rings is 1. The van der Waals surface area contributed by atoms with Gasteiger partial charge in [0.05, 0.1) is 38.2 Å². The van der Waals surface area contributed by atoms with Gasteiger partial charge in [0.15, 0.2) is 5.82 Å². The first-order chi connectivity index (χ1) is 21.2. The first-order valence-electron chi connectivity index (χ1n) is 15.3. The van der Waals surface area contributed by atoms with Crippen LogP contribution in [0.4, 0.5) is 16.3 Å². The lowest BCUT2D eigenvalue weighted by Gasteiger charge is -2.36. The number of aromatic nitrogens is 3. The van der Waals surface area contributed by atoms with E-state index in [4.69, 9.17) is 9.57 Å². The lowest BCUT2D eigenvalue weighted by molar-refractivity contribution is -0.0172. The molecule has 0 spiro atoms. The molecule has 1 atom stereocenters. The molecule has 4 aromatic rings. The SMILES string of the molecule is CCc1nc2ccc(C(=O)N(OC(C)(C)C)c3c(C)c(N[C@H]4CCCN(C(=O)OC(C)(C)C)C4)c(C#N)c4ccnn34)cc2s1. The van der Waals surface area contributed by atoms with Crippen molar-refractivity contribution in [2.24, 2.45) is 0 Å². The van der Waals surface area contributed by atoms with Crippen molar-refractivity contribution in [2.75, 3.05) is 23.5 Å². The highest BCUT2D eigenvalue weighted by molar-refractivity contribution is 7.18. The van der Waals surface area contributed by atoms with E-state index >= 15 is 0 Å². The van der Waals surface area contributed by atoms with E-state index in [0.29, 0.717) is 46.8 Å². The van der Waals surface area contributed by atoms with Gasteiger partial charge in [-0.2, -0.15) is 15.4 Å². The van der Waals surface area contributed by atoms with Gasteiger partial charge in [-0.15, -0.1) is 11.3 Å². The minimum atomic E-state index is -0.746. The Morgan fingerprint density at radius 2 is 1.93 bits per heavy atom. The number of nitrogens with zero attached hydrogens (tertiary/aromatic N) is 6. The van der Waals surface area contributed by atoms with Crippen molar-refractivity contribution < 1.29 is 19.2 Å². The predicted molar refractivity (Wildman–Crippen MR) is 176 cm³/mol. The average Bonchev–Trinajstić information content (AvgIpc) is 3.62. The maximum Gasteiger partial charge on any atom is 0.410 e. The molecular formula is C33H41N7O4S. The number of anilines is 2. The summed E-state index contributed by atoms with van der Waals surface area (Å²) < 4.78 is 8.12. The molecule has 12 heteroatoms. The van der Waals surface area contributed by atoms with Crippen LogP contribution in [0.25, 0.3) is 15.7 Å². The van der Waals surface area contributed by atoms with Crippen molar-refractivity contribution in [3.05, 3.63) is 52.2 Å². The molecule has 1 aliphatic heterocycles. The van der Waals surface area contributed by atoms with E-state index < -0.39 is 11.2 Å². The molecule has 0 radical (unpaired) electrons. The van der Waals surface area contributed by atoms with Gasteiger partial charge in [0.1, 0.15) is 17.2 Å². The van der Waals surface area contributed by atoms with Crippen LogP contribution >= 0.6 is 11.3 Å². The maximum atomic E-state index is 14.3. The number of aryl methyl sites for hydroxylation is 1. The molecule has 0 saturated carbocycles. The van der Waals surface area contributed by atoms with E-state index in [1.54, 1.807) is 39.1 Å². The number of hydroxylamine groups is 1. The molecule has 2 amide bonds. The molecule has 0 aliphatic carbocycles. The summed E-state index contributed by atoms with van der Waals surface area (Å²) in [4.78, 5) is 39.9. The van der Waals surface area contributed by atoms with E-state index in [0.717, 1.165) is 34.5 Å². The number of fused-ring (bicyclic) bond motifs is 2. The van der Waals surface area contributed by atoms with E-state index in [1.807, 2.05) is 60.6 Å². The lowest BCUT2D eigenvalue weighted by Crippen LogP contribution is -2.47. The monoisotopic (exact) mass is 631 g/mol. The van der Waals surface area contributed by atoms with E-state index in [9.17, 15) is 14.9 Å². The first kappa shape index (κ1) is 32.2. The molecule has 1 aliphatic rings. The van der Waals surface area contributed by atoms with Gasteiger partial charge in [-0.3, -0.25) is 9.63 Å². The molecule has 238 valence electrons. The molecule has 0 bridgehead atoms. The fourth-order valence-electron chi connectivity index (χ4n) is 5.40. The van der Waals surface area contributed by atoms with Crippen molar-refractivity contribution in [3.8, 4) is 6.07 Å². The average molecular weight is 632 g/mol. The molecule has 1 fully saturated rings. The number of carbonyl (C=O) groups is 2. The number of amides is 2. The van der Waals surface area contributed by atoms with Crippen LogP contribution in [0.5, 0.6) is 0 Å². The van der Waals surface area contributed by atoms with Crippen molar-refractivity contribution in [1.82, 2.24) is 19.5 Å². The Morgan fingerprint density at radius 3 is 2.60 bits per heavy atom. The topological polar surface area (TPSA) is 125 Å². The summed E-state index contributed by atoms with van der Waals surface area (Å²) in [6.07, 6.45) is 3.62. The lowest BCUT2D eigenvalue weighted by atomic mass is 10.0. The molecule has 5 rings (SSSR count). The van der Waals surface area contributed by atoms with E-state index in [1.165, 1.54) is 5.06 Å². The summed E-state index contributed by atoms with van der Waals surface area (Å²) in [5.41, 5.74) is 2.04. The number of nitriles is 1. The Labute approximate surface area is 267 Å². The first-order valence-corrected chi connectivity index (χ1v) is 16.1. The highest BCUT2D eigenvalue weighted by Gasteiger charge is 2.33. The van der Waals surface area contributed by atoms with Crippen molar-refractivity contribution in [1.29, 1.82) is 5.26 Å². The highest BCUT2D eigenvalue weighted by atomic mass is 32.1. The fraction of sp³-hybridized carbons (Fsp3) is 0.485. The molecule has 45 heavy (non-hydrogen) atoms. The second-order valence-corrected chi connectivity index (χ2v) is 14.4. The van der Waals surface area contributed by atoms with Crippen LogP contribution in [-0.4, -0.2) is 61.8 Å². The number of piperidine rings is 1. The zero-order valence-corrected chi connectivity index (χ0v) is 28.0. The standard InChI is InChI=1S/C33H41N7O4S/c1-9-27-37-24-13-12-21(17-26(24)45-27)30(41)40(44-33(6,7)8)29-20(2)28(23(18-34)25-14-15-35-39(25)29)36-22-11-10-16-38(19-22)31(42)43-32(3,4)5/h12-15,17,22,36H,9-11,16,19H2,1-8H3/t22-/m0/s1. The summed E-state index contributed by atoms with van der Waals surface area (Å²) in [6.45, 7) is 16.1. The smallest absolute Gasteiger partial charge is 0.410 e. The Kier molecular flexibility index (Phi) is 8.79. The zero-order valence-electron chi connectivity index (χ0n) is 27.2. The number of hydrogen-bond donors (Lipinski definition) is 1. The Bertz CT molecular complexity index is 1790. The molecule has 1 N–H and O–H groups in total. The largest absolute Gasteiger partial charge is 0.444 e. The number of thiazole rings is 1. The minimum Gasteiger partial charge on any atom is -0.444 e. The summed E-state index contributed by atoms with van der Waals surface area (Å²) in [5, 5.41) is 20.7. The summed E-state index contributed by atoms with van der Waals surface area (Å²) in [5.74, 6) is 0.0116. The van der Waals surface area contributed by atoms with Gasteiger partial charge >= 0.3 is 6.09 Å².